The highest BCUT2D eigenvalue weighted by atomic mass is 127. The monoisotopic (exact) mass is 529 g/mol. The van der Waals surface area contributed by atoms with E-state index in [1.807, 2.05) is 19.1 Å². The second-order valence-electron chi connectivity index (χ2n) is 6.24. The van der Waals surface area contributed by atoms with Crippen molar-refractivity contribution in [1.82, 2.24) is 0 Å². The molecule has 3 rings (SSSR count). The molecule has 152 valence electrons. The molecule has 0 aromatic heterocycles. The van der Waals surface area contributed by atoms with Crippen LogP contribution >= 0.6 is 34.2 Å². The molecule has 0 saturated carbocycles. The Bertz CT molecular complexity index is 983. The van der Waals surface area contributed by atoms with E-state index >= 15 is 0 Å². The molecule has 0 radical (unpaired) electrons. The highest BCUT2D eigenvalue weighted by molar-refractivity contribution is 14.1. The fourth-order valence-corrected chi connectivity index (χ4v) is 3.67. The number of hydrogen-bond acceptors (Lipinski definition) is 3. The van der Waals surface area contributed by atoms with Gasteiger partial charge in [-0.05, 0) is 83.1 Å². The fourth-order valence-electron chi connectivity index (χ4n) is 2.67. The Balaban J connectivity index is 1.74. The van der Waals surface area contributed by atoms with Gasteiger partial charge in [-0.25, -0.2) is 8.78 Å². The molecule has 0 spiro atoms. The summed E-state index contributed by atoms with van der Waals surface area (Å²) in [5.74, 6) is 0.548. The molecule has 7 heteroatoms. The molecule has 0 unspecified atom stereocenters. The summed E-state index contributed by atoms with van der Waals surface area (Å²) in [4.78, 5) is 0. The smallest absolute Gasteiger partial charge is 0.174 e. The molecule has 0 saturated heterocycles. The van der Waals surface area contributed by atoms with Crippen molar-refractivity contribution < 1.29 is 18.3 Å². The molecular weight excluding hydrogens is 511 g/mol. The maximum atomic E-state index is 13.3. The van der Waals surface area contributed by atoms with Crippen LogP contribution < -0.4 is 14.8 Å². The van der Waals surface area contributed by atoms with Gasteiger partial charge < -0.3 is 14.8 Å². The summed E-state index contributed by atoms with van der Waals surface area (Å²) >= 11 is 8.03. The van der Waals surface area contributed by atoms with Gasteiger partial charge in [-0.1, -0.05) is 23.7 Å². The van der Waals surface area contributed by atoms with Gasteiger partial charge in [0, 0.05) is 12.2 Å². The Morgan fingerprint density at radius 2 is 1.72 bits per heavy atom. The summed E-state index contributed by atoms with van der Waals surface area (Å²) in [6.07, 6.45) is 0. The van der Waals surface area contributed by atoms with Gasteiger partial charge >= 0.3 is 0 Å². The third-order valence-corrected chi connectivity index (χ3v) is 5.17. The van der Waals surface area contributed by atoms with Gasteiger partial charge in [0.2, 0.25) is 0 Å². The number of halogens is 4. The van der Waals surface area contributed by atoms with Crippen LogP contribution in [0.3, 0.4) is 0 Å². The van der Waals surface area contributed by atoms with E-state index in [-0.39, 0.29) is 10.8 Å². The van der Waals surface area contributed by atoms with Crippen LogP contribution in [0.4, 0.5) is 14.5 Å². The number of hydrogen-bond donors (Lipinski definition) is 1. The van der Waals surface area contributed by atoms with E-state index in [0.29, 0.717) is 31.3 Å². The summed E-state index contributed by atoms with van der Waals surface area (Å²) < 4.78 is 39.0. The first kappa shape index (κ1) is 21.6. The highest BCUT2D eigenvalue weighted by Gasteiger charge is 2.13. The fraction of sp³-hybridized carbons (Fsp3) is 0.182. The second kappa shape index (κ2) is 10.1. The maximum absolute atomic E-state index is 13.3. The van der Waals surface area contributed by atoms with E-state index in [1.54, 1.807) is 24.3 Å². The quantitative estimate of drug-likeness (QED) is 0.325. The molecule has 0 bridgehead atoms. The number of rotatable bonds is 8. The van der Waals surface area contributed by atoms with Crippen LogP contribution in [0.5, 0.6) is 11.5 Å². The topological polar surface area (TPSA) is 30.5 Å². The van der Waals surface area contributed by atoms with Crippen molar-refractivity contribution in [2.24, 2.45) is 0 Å². The van der Waals surface area contributed by atoms with Crippen LogP contribution in [0.25, 0.3) is 0 Å². The molecule has 0 aliphatic rings. The predicted octanol–water partition coefficient (Wildman–Crippen LogP) is 6.81. The van der Waals surface area contributed by atoms with Crippen LogP contribution in [-0.4, -0.2) is 6.61 Å². The summed E-state index contributed by atoms with van der Waals surface area (Å²) in [6, 6.07) is 14.6. The van der Waals surface area contributed by atoms with E-state index in [1.165, 1.54) is 18.2 Å². The SMILES string of the molecule is CCOc1cc(CNc2ccc(F)c(Cl)c2)cc(I)c1OCc1ccc(F)cc1. The lowest BCUT2D eigenvalue weighted by Gasteiger charge is -2.16. The first-order valence-electron chi connectivity index (χ1n) is 8.97. The minimum Gasteiger partial charge on any atom is -0.490 e. The summed E-state index contributed by atoms with van der Waals surface area (Å²) in [7, 11) is 0. The number of benzene rings is 3. The van der Waals surface area contributed by atoms with Gasteiger partial charge in [0.25, 0.3) is 0 Å². The molecule has 3 aromatic carbocycles. The first-order valence-corrected chi connectivity index (χ1v) is 10.4. The first-order chi connectivity index (χ1) is 14.0. The highest BCUT2D eigenvalue weighted by Crippen LogP contribution is 2.35. The molecule has 3 aromatic rings. The Labute approximate surface area is 187 Å². The van der Waals surface area contributed by atoms with E-state index in [0.717, 1.165) is 20.4 Å². The van der Waals surface area contributed by atoms with Crippen LogP contribution in [0.1, 0.15) is 18.1 Å². The lowest BCUT2D eigenvalue weighted by atomic mass is 10.2. The van der Waals surface area contributed by atoms with E-state index in [2.05, 4.69) is 27.9 Å². The van der Waals surface area contributed by atoms with Crippen molar-refractivity contribution in [2.75, 3.05) is 11.9 Å². The molecule has 0 atom stereocenters. The van der Waals surface area contributed by atoms with Crippen LogP contribution in [-0.2, 0) is 13.2 Å². The standard InChI is InChI=1S/C22H19ClF2INO2/c1-2-28-21-10-15(12-27-17-7-8-19(25)18(23)11-17)9-20(26)22(21)29-13-14-3-5-16(24)6-4-14/h3-11,27H,2,12-13H2,1H3. The molecule has 0 aliphatic carbocycles. The number of nitrogens with one attached hydrogen (secondary N) is 1. The van der Waals surface area contributed by atoms with Crippen molar-refractivity contribution in [2.45, 2.75) is 20.1 Å². The lowest BCUT2D eigenvalue weighted by molar-refractivity contribution is 0.267. The minimum absolute atomic E-state index is 0.0733. The lowest BCUT2D eigenvalue weighted by Crippen LogP contribution is -2.05. The zero-order chi connectivity index (χ0) is 20.8. The van der Waals surface area contributed by atoms with Crippen LogP contribution in [0.2, 0.25) is 5.02 Å². The van der Waals surface area contributed by atoms with Gasteiger partial charge in [0.05, 0.1) is 15.2 Å². The summed E-state index contributed by atoms with van der Waals surface area (Å²) in [5, 5.41) is 3.30. The minimum atomic E-state index is -0.451. The average molecular weight is 530 g/mol. The van der Waals surface area contributed by atoms with Crippen molar-refractivity contribution in [3.8, 4) is 11.5 Å². The molecular formula is C22H19ClF2INO2. The maximum Gasteiger partial charge on any atom is 0.174 e. The molecule has 0 heterocycles. The van der Waals surface area contributed by atoms with Gasteiger partial charge in [-0.3, -0.25) is 0 Å². The average Bonchev–Trinajstić information content (AvgIpc) is 2.70. The molecule has 1 N–H and O–H groups in total. The molecule has 3 nitrogen and oxygen atoms in total. The third-order valence-electron chi connectivity index (χ3n) is 4.08. The normalized spacial score (nSPS) is 10.7. The van der Waals surface area contributed by atoms with Gasteiger partial charge in [-0.2, -0.15) is 0 Å². The van der Waals surface area contributed by atoms with Gasteiger partial charge in [-0.15, -0.1) is 0 Å². The third kappa shape index (κ3) is 5.96. The van der Waals surface area contributed by atoms with Gasteiger partial charge in [0.15, 0.2) is 11.5 Å². The second-order valence-corrected chi connectivity index (χ2v) is 7.80. The predicted molar refractivity (Wildman–Crippen MR) is 120 cm³/mol. The Hall–Kier alpha value is -2.06. The number of anilines is 1. The van der Waals surface area contributed by atoms with E-state index in [9.17, 15) is 8.78 Å². The van der Waals surface area contributed by atoms with E-state index in [4.69, 9.17) is 21.1 Å². The molecule has 29 heavy (non-hydrogen) atoms. The Morgan fingerprint density at radius 1 is 0.966 bits per heavy atom. The summed E-state index contributed by atoms with van der Waals surface area (Å²) in [5.41, 5.74) is 2.57. The van der Waals surface area contributed by atoms with Crippen molar-refractivity contribution in [1.29, 1.82) is 0 Å². The van der Waals surface area contributed by atoms with Crippen molar-refractivity contribution >= 4 is 39.9 Å². The van der Waals surface area contributed by atoms with Crippen molar-refractivity contribution in [3.63, 3.8) is 0 Å². The molecule has 0 aliphatic heterocycles. The van der Waals surface area contributed by atoms with Crippen LogP contribution in [0.15, 0.2) is 54.6 Å². The zero-order valence-corrected chi connectivity index (χ0v) is 18.6. The molecule has 0 amide bonds. The van der Waals surface area contributed by atoms with Crippen molar-refractivity contribution in [3.05, 3.63) is 86.0 Å². The number of ether oxygens (including phenoxy) is 2. The Kier molecular flexibility index (Phi) is 7.55. The summed E-state index contributed by atoms with van der Waals surface area (Å²) in [6.45, 7) is 3.22. The largest absolute Gasteiger partial charge is 0.490 e. The Morgan fingerprint density at radius 3 is 2.41 bits per heavy atom. The van der Waals surface area contributed by atoms with Crippen LogP contribution in [0, 0.1) is 15.2 Å². The van der Waals surface area contributed by atoms with Gasteiger partial charge in [0.1, 0.15) is 18.2 Å². The zero-order valence-electron chi connectivity index (χ0n) is 15.6. The molecule has 0 fully saturated rings. The van der Waals surface area contributed by atoms with E-state index < -0.39 is 5.82 Å².